The lowest BCUT2D eigenvalue weighted by Crippen LogP contribution is -2.60. The highest BCUT2D eigenvalue weighted by Crippen LogP contribution is 2.41. The van der Waals surface area contributed by atoms with Crippen molar-refractivity contribution in [2.75, 3.05) is 56.5 Å². The Morgan fingerprint density at radius 2 is 1.63 bits per heavy atom. The summed E-state index contributed by atoms with van der Waals surface area (Å²) in [5.74, 6) is 0.349. The largest absolute Gasteiger partial charge is 0.393 e. The van der Waals surface area contributed by atoms with Crippen LogP contribution in [0.3, 0.4) is 0 Å². The van der Waals surface area contributed by atoms with Gasteiger partial charge in [-0.3, -0.25) is 19.8 Å². The number of rotatable bonds is 6. The van der Waals surface area contributed by atoms with Gasteiger partial charge < -0.3 is 24.4 Å². The summed E-state index contributed by atoms with van der Waals surface area (Å²) < 4.78 is 4.05. The molecule has 0 atom stereocenters. The highest BCUT2D eigenvalue weighted by Gasteiger charge is 2.44. The van der Waals surface area contributed by atoms with E-state index >= 15 is 0 Å². The second kappa shape index (κ2) is 12.8. The maximum atomic E-state index is 13.9. The molecule has 4 aromatic rings. The van der Waals surface area contributed by atoms with Crippen molar-refractivity contribution in [1.29, 1.82) is 0 Å². The van der Waals surface area contributed by atoms with Gasteiger partial charge >= 0.3 is 0 Å². The number of aromatic nitrogens is 5. The summed E-state index contributed by atoms with van der Waals surface area (Å²) in [4.78, 5) is 31.4. The number of piperidine rings is 2. The van der Waals surface area contributed by atoms with Crippen molar-refractivity contribution >= 4 is 28.6 Å². The van der Waals surface area contributed by atoms with E-state index < -0.39 is 0 Å². The van der Waals surface area contributed by atoms with E-state index in [2.05, 4.69) is 54.9 Å². The highest BCUT2D eigenvalue weighted by molar-refractivity contribution is 6.05. The van der Waals surface area contributed by atoms with Gasteiger partial charge in [0.05, 0.1) is 29.0 Å². The van der Waals surface area contributed by atoms with Crippen molar-refractivity contribution < 1.29 is 9.90 Å². The number of carbonyl (C=O) groups excluding carboxylic acids is 1. The van der Waals surface area contributed by atoms with E-state index in [1.54, 1.807) is 6.20 Å². The smallest absolute Gasteiger partial charge is 0.258 e. The Kier molecular flexibility index (Phi) is 8.48. The minimum atomic E-state index is -0.268. The fourth-order valence-electron chi connectivity index (χ4n) is 9.18. The summed E-state index contributed by atoms with van der Waals surface area (Å²) in [5.41, 5.74) is 7.68. The minimum Gasteiger partial charge on any atom is -0.393 e. The molecule has 1 aliphatic carbocycles. The van der Waals surface area contributed by atoms with Gasteiger partial charge in [-0.05, 0) is 121 Å². The van der Waals surface area contributed by atoms with Crippen molar-refractivity contribution in [2.45, 2.75) is 83.4 Å². The molecule has 4 aliphatic rings. The summed E-state index contributed by atoms with van der Waals surface area (Å²) in [6.07, 6.45) is 9.79. The first-order chi connectivity index (χ1) is 23.6. The molecule has 8 rings (SSSR count). The molecule has 0 bridgehead atoms. The zero-order chi connectivity index (χ0) is 33.9. The number of nitrogens with zero attached hydrogens (tertiary/aromatic N) is 8. The number of nitrogens with one attached hydrogen (secondary N) is 1. The predicted octanol–water partition coefficient (Wildman–Crippen LogP) is 5.17. The van der Waals surface area contributed by atoms with Crippen molar-refractivity contribution in [2.24, 2.45) is 12.5 Å². The Balaban J connectivity index is 1.02. The lowest BCUT2D eigenvalue weighted by Gasteiger charge is -2.54. The minimum absolute atomic E-state index is 0.148. The number of imidazole rings is 1. The van der Waals surface area contributed by atoms with E-state index in [1.165, 1.54) is 57.5 Å². The predicted molar refractivity (Wildman–Crippen MR) is 193 cm³/mol. The molecule has 4 fully saturated rings. The summed E-state index contributed by atoms with van der Waals surface area (Å²) in [7, 11) is 4.15. The van der Waals surface area contributed by atoms with E-state index in [-0.39, 0.29) is 18.1 Å². The number of pyridine rings is 1. The van der Waals surface area contributed by atoms with Crippen molar-refractivity contribution in [3.8, 4) is 11.3 Å². The number of benzene rings is 1. The molecule has 11 nitrogen and oxygen atoms in total. The normalized spacial score (nSPS) is 23.7. The maximum absolute atomic E-state index is 13.9. The second-order valence-electron chi connectivity index (χ2n) is 15.5. The van der Waals surface area contributed by atoms with Gasteiger partial charge in [-0.2, -0.15) is 5.10 Å². The SMILES string of the molecule is Cc1cc(C(=O)Nc2nc3ccc(N4CCC(N5CCC6(CC5)CN(C)C6)CC4)cc3n2C2CCC(O)CC2)cc(-c2cnn(C)c2C)n1. The van der Waals surface area contributed by atoms with Crippen LogP contribution in [0.15, 0.2) is 36.5 Å². The number of aryl methyl sites for hydroxylation is 2. The monoisotopic (exact) mass is 665 g/mol. The lowest BCUT2D eigenvalue weighted by atomic mass is 9.72. The van der Waals surface area contributed by atoms with Gasteiger partial charge in [0, 0.05) is 73.5 Å². The van der Waals surface area contributed by atoms with Gasteiger partial charge in [-0.1, -0.05) is 0 Å². The Morgan fingerprint density at radius 3 is 2.31 bits per heavy atom. The van der Waals surface area contributed by atoms with Gasteiger partial charge in [0.15, 0.2) is 0 Å². The molecule has 3 aliphatic heterocycles. The molecule has 1 amide bonds. The van der Waals surface area contributed by atoms with E-state index in [4.69, 9.17) is 9.97 Å². The Labute approximate surface area is 289 Å². The van der Waals surface area contributed by atoms with Gasteiger partial charge in [0.1, 0.15) is 0 Å². The van der Waals surface area contributed by atoms with Crippen LogP contribution < -0.4 is 10.2 Å². The summed E-state index contributed by atoms with van der Waals surface area (Å²) >= 11 is 0. The molecule has 6 heterocycles. The number of fused-ring (bicyclic) bond motifs is 1. The standard InChI is InChI=1S/C38H51N9O2/c1-25-19-27(20-34(40-25)32-22-39-44(4)26(32)2)36(49)42-37-41-33-10-7-30(21-35(33)47(37)29-5-8-31(48)9-6-29)45-15-11-28(12-16-45)46-17-13-38(14-18-46)23-43(3)24-38/h7,10,19-22,28-29,31,48H,5-6,8-9,11-18,23-24H2,1-4H3,(H,41,42,49). The molecule has 49 heavy (non-hydrogen) atoms. The first-order valence-corrected chi connectivity index (χ1v) is 18.3. The summed E-state index contributed by atoms with van der Waals surface area (Å²) in [6.45, 7) is 11.1. The number of carbonyl (C=O) groups is 1. The Hall–Kier alpha value is -3.80. The zero-order valence-electron chi connectivity index (χ0n) is 29.5. The average Bonchev–Trinajstić information content (AvgIpc) is 3.62. The Bertz CT molecular complexity index is 1830. The third-order valence-electron chi connectivity index (χ3n) is 12.1. The lowest BCUT2D eigenvalue weighted by molar-refractivity contribution is -0.0419. The quantitative estimate of drug-likeness (QED) is 0.291. The number of amides is 1. The van der Waals surface area contributed by atoms with Crippen LogP contribution in [0.25, 0.3) is 22.3 Å². The van der Waals surface area contributed by atoms with Crippen molar-refractivity contribution in [3.63, 3.8) is 0 Å². The van der Waals surface area contributed by atoms with E-state index in [1.807, 2.05) is 37.7 Å². The van der Waals surface area contributed by atoms with Crippen LogP contribution in [-0.2, 0) is 7.05 Å². The van der Waals surface area contributed by atoms with Crippen LogP contribution in [0.1, 0.15) is 79.2 Å². The number of anilines is 2. The molecule has 1 spiro atoms. The first kappa shape index (κ1) is 32.4. The number of hydrogen-bond donors (Lipinski definition) is 2. The maximum Gasteiger partial charge on any atom is 0.258 e. The van der Waals surface area contributed by atoms with Gasteiger partial charge in [0.2, 0.25) is 5.95 Å². The van der Waals surface area contributed by atoms with E-state index in [9.17, 15) is 9.90 Å². The molecule has 1 aromatic carbocycles. The van der Waals surface area contributed by atoms with Crippen LogP contribution in [0, 0.1) is 19.3 Å². The number of aliphatic hydroxyl groups is 1. The molecular formula is C38H51N9O2. The average molecular weight is 666 g/mol. The van der Waals surface area contributed by atoms with E-state index in [0.717, 1.165) is 72.5 Å². The summed E-state index contributed by atoms with van der Waals surface area (Å²) in [5, 5.41) is 17.9. The molecule has 0 unspecified atom stereocenters. The highest BCUT2D eigenvalue weighted by atomic mass is 16.3. The molecule has 3 saturated heterocycles. The first-order valence-electron chi connectivity index (χ1n) is 18.3. The van der Waals surface area contributed by atoms with Crippen molar-refractivity contribution in [3.05, 3.63) is 53.5 Å². The summed E-state index contributed by atoms with van der Waals surface area (Å²) in [6, 6.07) is 11.1. The molecular weight excluding hydrogens is 614 g/mol. The number of likely N-dealkylation sites (tertiary alicyclic amines) is 2. The molecule has 260 valence electrons. The van der Waals surface area contributed by atoms with Crippen LogP contribution in [0.2, 0.25) is 0 Å². The van der Waals surface area contributed by atoms with Crippen LogP contribution in [-0.4, -0.2) is 104 Å². The van der Waals surface area contributed by atoms with E-state index in [0.29, 0.717) is 23.0 Å². The molecule has 0 radical (unpaired) electrons. The van der Waals surface area contributed by atoms with Gasteiger partial charge in [0.25, 0.3) is 5.91 Å². The zero-order valence-corrected chi connectivity index (χ0v) is 29.5. The third kappa shape index (κ3) is 6.25. The molecule has 2 N–H and O–H groups in total. The molecule has 3 aromatic heterocycles. The third-order valence-corrected chi connectivity index (χ3v) is 12.1. The number of hydrogen-bond acceptors (Lipinski definition) is 8. The molecule has 1 saturated carbocycles. The van der Waals surface area contributed by atoms with Gasteiger partial charge in [-0.25, -0.2) is 4.98 Å². The van der Waals surface area contributed by atoms with Crippen LogP contribution in [0.4, 0.5) is 11.6 Å². The Morgan fingerprint density at radius 1 is 0.898 bits per heavy atom. The van der Waals surface area contributed by atoms with Gasteiger partial charge in [-0.15, -0.1) is 0 Å². The fourth-order valence-corrected chi connectivity index (χ4v) is 9.18. The number of aliphatic hydroxyl groups excluding tert-OH is 1. The second-order valence-corrected chi connectivity index (χ2v) is 15.5. The van der Waals surface area contributed by atoms with Crippen molar-refractivity contribution in [1.82, 2.24) is 34.1 Å². The van der Waals surface area contributed by atoms with Crippen LogP contribution >= 0.6 is 0 Å². The molecule has 11 heteroatoms. The van der Waals surface area contributed by atoms with Crippen LogP contribution in [0.5, 0.6) is 0 Å². The fraction of sp³-hybridized carbons (Fsp3) is 0.579. The topological polar surface area (TPSA) is 108 Å².